The van der Waals surface area contributed by atoms with Crippen LogP contribution in [0, 0.1) is 5.41 Å². The van der Waals surface area contributed by atoms with E-state index < -0.39 is 0 Å². The predicted octanol–water partition coefficient (Wildman–Crippen LogP) is 2.77. The maximum atomic E-state index is 12.3. The SMILES string of the molecule is CC(C)(CCO)CNC(=O)c1csc2c1CCCC2. The number of rotatable bonds is 5. The second-order valence-corrected chi connectivity index (χ2v) is 7.04. The van der Waals surface area contributed by atoms with Gasteiger partial charge in [-0.1, -0.05) is 13.8 Å². The Hall–Kier alpha value is -0.870. The van der Waals surface area contributed by atoms with Gasteiger partial charge in [0.15, 0.2) is 0 Å². The van der Waals surface area contributed by atoms with Gasteiger partial charge in [-0.05, 0) is 43.1 Å². The van der Waals surface area contributed by atoms with E-state index in [1.54, 1.807) is 11.3 Å². The molecule has 106 valence electrons. The highest BCUT2D eigenvalue weighted by Gasteiger charge is 2.22. The van der Waals surface area contributed by atoms with E-state index >= 15 is 0 Å². The number of fused-ring (bicyclic) bond motifs is 1. The van der Waals surface area contributed by atoms with Crippen LogP contribution in [-0.4, -0.2) is 24.2 Å². The van der Waals surface area contributed by atoms with Gasteiger partial charge < -0.3 is 10.4 Å². The minimum atomic E-state index is -0.0551. The van der Waals surface area contributed by atoms with Crippen LogP contribution in [0.2, 0.25) is 0 Å². The van der Waals surface area contributed by atoms with E-state index in [9.17, 15) is 4.79 Å². The normalized spacial score (nSPS) is 15.1. The molecular formula is C15H23NO2S. The summed E-state index contributed by atoms with van der Waals surface area (Å²) in [7, 11) is 0. The Balaban J connectivity index is 1.99. The Kier molecular flexibility index (Phi) is 4.63. The summed E-state index contributed by atoms with van der Waals surface area (Å²) in [5, 5.41) is 14.0. The largest absolute Gasteiger partial charge is 0.396 e. The molecule has 0 atom stereocenters. The van der Waals surface area contributed by atoms with Gasteiger partial charge in [0.05, 0.1) is 5.56 Å². The monoisotopic (exact) mass is 281 g/mol. The molecule has 1 aliphatic rings. The topological polar surface area (TPSA) is 49.3 Å². The van der Waals surface area contributed by atoms with E-state index in [-0.39, 0.29) is 17.9 Å². The van der Waals surface area contributed by atoms with Crippen molar-refractivity contribution in [3.63, 3.8) is 0 Å². The van der Waals surface area contributed by atoms with E-state index in [0.29, 0.717) is 13.0 Å². The Bertz CT molecular complexity index is 451. The minimum absolute atomic E-state index is 0.0467. The summed E-state index contributed by atoms with van der Waals surface area (Å²) in [6.07, 6.45) is 5.32. The Morgan fingerprint density at radius 3 is 2.89 bits per heavy atom. The molecule has 3 nitrogen and oxygen atoms in total. The van der Waals surface area contributed by atoms with Crippen LogP contribution in [0.5, 0.6) is 0 Å². The zero-order valence-corrected chi connectivity index (χ0v) is 12.6. The summed E-state index contributed by atoms with van der Waals surface area (Å²) in [5.41, 5.74) is 2.09. The lowest BCUT2D eigenvalue weighted by atomic mass is 9.89. The molecule has 2 N–H and O–H groups in total. The highest BCUT2D eigenvalue weighted by atomic mass is 32.1. The van der Waals surface area contributed by atoms with E-state index in [2.05, 4.69) is 19.2 Å². The third-order valence-corrected chi connectivity index (χ3v) is 4.91. The van der Waals surface area contributed by atoms with E-state index in [1.165, 1.54) is 23.3 Å². The van der Waals surface area contributed by atoms with E-state index in [1.807, 2.05) is 5.38 Å². The van der Waals surface area contributed by atoms with Crippen LogP contribution in [0.15, 0.2) is 5.38 Å². The zero-order chi connectivity index (χ0) is 13.9. The maximum absolute atomic E-state index is 12.3. The fraction of sp³-hybridized carbons (Fsp3) is 0.667. The fourth-order valence-electron chi connectivity index (χ4n) is 2.49. The summed E-state index contributed by atoms with van der Waals surface area (Å²) in [6, 6.07) is 0. The van der Waals surface area contributed by atoms with E-state index in [0.717, 1.165) is 18.4 Å². The van der Waals surface area contributed by atoms with Gasteiger partial charge in [-0.3, -0.25) is 4.79 Å². The van der Waals surface area contributed by atoms with Crippen LogP contribution in [0.3, 0.4) is 0 Å². The molecule has 2 rings (SSSR count). The second kappa shape index (κ2) is 6.06. The average Bonchev–Trinajstić information content (AvgIpc) is 2.80. The molecule has 19 heavy (non-hydrogen) atoms. The van der Waals surface area contributed by atoms with Crippen molar-refractivity contribution in [3.05, 3.63) is 21.4 Å². The molecule has 4 heteroatoms. The lowest BCUT2D eigenvalue weighted by molar-refractivity contribution is 0.0927. The summed E-state index contributed by atoms with van der Waals surface area (Å²) in [5.74, 6) is 0.0467. The molecule has 1 heterocycles. The third-order valence-electron chi connectivity index (χ3n) is 3.82. The van der Waals surface area contributed by atoms with Crippen molar-refractivity contribution in [2.24, 2.45) is 5.41 Å². The number of carbonyl (C=O) groups is 1. The van der Waals surface area contributed by atoms with E-state index in [4.69, 9.17) is 5.11 Å². The zero-order valence-electron chi connectivity index (χ0n) is 11.8. The average molecular weight is 281 g/mol. The first kappa shape index (κ1) is 14.5. The van der Waals surface area contributed by atoms with Gasteiger partial charge in [0, 0.05) is 23.4 Å². The molecule has 1 amide bonds. The van der Waals surface area contributed by atoms with Gasteiger partial charge in [-0.2, -0.15) is 0 Å². The number of aliphatic hydroxyl groups excluding tert-OH is 1. The minimum Gasteiger partial charge on any atom is -0.396 e. The van der Waals surface area contributed by atoms with Gasteiger partial charge in [-0.15, -0.1) is 11.3 Å². The molecule has 1 aromatic rings. The van der Waals surface area contributed by atoms with Gasteiger partial charge in [0.2, 0.25) is 0 Å². The predicted molar refractivity (Wildman–Crippen MR) is 78.8 cm³/mol. The number of amides is 1. The van der Waals surface area contributed by atoms with Crippen molar-refractivity contribution in [1.82, 2.24) is 5.32 Å². The van der Waals surface area contributed by atoms with Crippen molar-refractivity contribution in [1.29, 1.82) is 0 Å². The summed E-state index contributed by atoms with van der Waals surface area (Å²) in [6.45, 7) is 4.90. The lowest BCUT2D eigenvalue weighted by Crippen LogP contribution is -2.34. The van der Waals surface area contributed by atoms with Gasteiger partial charge >= 0.3 is 0 Å². The van der Waals surface area contributed by atoms with Crippen molar-refractivity contribution in [2.45, 2.75) is 46.0 Å². The lowest BCUT2D eigenvalue weighted by Gasteiger charge is -2.24. The summed E-state index contributed by atoms with van der Waals surface area (Å²) in [4.78, 5) is 13.7. The number of hydrogen-bond donors (Lipinski definition) is 2. The van der Waals surface area contributed by atoms with Crippen molar-refractivity contribution in [3.8, 4) is 0 Å². The molecule has 1 aliphatic carbocycles. The summed E-state index contributed by atoms with van der Waals surface area (Å²) < 4.78 is 0. The van der Waals surface area contributed by atoms with Crippen LogP contribution < -0.4 is 5.32 Å². The molecular weight excluding hydrogens is 258 g/mol. The molecule has 0 saturated carbocycles. The summed E-state index contributed by atoms with van der Waals surface area (Å²) >= 11 is 1.72. The quantitative estimate of drug-likeness (QED) is 0.872. The number of nitrogens with one attached hydrogen (secondary N) is 1. The highest BCUT2D eigenvalue weighted by Crippen LogP contribution is 2.30. The molecule has 0 spiro atoms. The van der Waals surface area contributed by atoms with Crippen LogP contribution in [-0.2, 0) is 12.8 Å². The van der Waals surface area contributed by atoms with Crippen molar-refractivity contribution in [2.75, 3.05) is 13.2 Å². The molecule has 0 saturated heterocycles. The molecule has 0 bridgehead atoms. The molecule has 0 fully saturated rings. The Morgan fingerprint density at radius 2 is 2.16 bits per heavy atom. The first-order chi connectivity index (χ1) is 9.03. The Morgan fingerprint density at radius 1 is 1.42 bits per heavy atom. The second-order valence-electron chi connectivity index (χ2n) is 6.08. The Labute approximate surface area is 119 Å². The van der Waals surface area contributed by atoms with Crippen molar-refractivity contribution >= 4 is 17.2 Å². The molecule has 0 aliphatic heterocycles. The van der Waals surface area contributed by atoms with Gasteiger partial charge in [0.25, 0.3) is 5.91 Å². The van der Waals surface area contributed by atoms with Crippen LogP contribution in [0.25, 0.3) is 0 Å². The first-order valence-electron chi connectivity index (χ1n) is 7.02. The van der Waals surface area contributed by atoms with Crippen LogP contribution in [0.4, 0.5) is 0 Å². The number of aryl methyl sites for hydroxylation is 1. The van der Waals surface area contributed by atoms with Gasteiger partial charge in [-0.25, -0.2) is 0 Å². The van der Waals surface area contributed by atoms with Crippen molar-refractivity contribution < 1.29 is 9.90 Å². The smallest absolute Gasteiger partial charge is 0.252 e. The molecule has 0 unspecified atom stereocenters. The maximum Gasteiger partial charge on any atom is 0.252 e. The molecule has 0 radical (unpaired) electrons. The standard InChI is InChI=1S/C15H23NO2S/c1-15(2,7-8-17)10-16-14(18)12-9-19-13-6-4-3-5-11(12)13/h9,17H,3-8,10H2,1-2H3,(H,16,18). The number of thiophene rings is 1. The van der Waals surface area contributed by atoms with Crippen LogP contribution >= 0.6 is 11.3 Å². The van der Waals surface area contributed by atoms with Crippen LogP contribution in [0.1, 0.15) is 53.9 Å². The third kappa shape index (κ3) is 3.57. The molecule has 1 aromatic heterocycles. The number of aliphatic hydroxyl groups is 1. The fourth-order valence-corrected chi connectivity index (χ4v) is 3.62. The first-order valence-corrected chi connectivity index (χ1v) is 7.90. The van der Waals surface area contributed by atoms with Gasteiger partial charge in [0.1, 0.15) is 0 Å². The highest BCUT2D eigenvalue weighted by molar-refractivity contribution is 7.10. The number of hydrogen-bond acceptors (Lipinski definition) is 3. The molecule has 0 aromatic carbocycles. The number of carbonyl (C=O) groups excluding carboxylic acids is 1.